The first kappa shape index (κ1) is 14.8. The zero-order valence-corrected chi connectivity index (χ0v) is 14.0. The van der Waals surface area contributed by atoms with Crippen molar-refractivity contribution in [2.75, 3.05) is 38.2 Å². The molecule has 0 unspecified atom stereocenters. The van der Waals surface area contributed by atoms with Crippen LogP contribution in [0.25, 0.3) is 0 Å². The van der Waals surface area contributed by atoms with Crippen molar-refractivity contribution in [1.82, 2.24) is 14.3 Å². The third kappa shape index (κ3) is 3.14. The van der Waals surface area contributed by atoms with Gasteiger partial charge in [-0.15, -0.1) is 0 Å². The lowest BCUT2D eigenvalue weighted by molar-refractivity contribution is -0.0293. The molecule has 1 aromatic rings. The van der Waals surface area contributed by atoms with E-state index < -0.39 is 0 Å². The third-order valence-electron chi connectivity index (χ3n) is 5.40. The highest BCUT2D eigenvalue weighted by Gasteiger charge is 2.39. The largest absolute Gasteiger partial charge is 0.381 e. The smallest absolute Gasteiger partial charge is 0.202 e. The van der Waals surface area contributed by atoms with Gasteiger partial charge in [-0.25, -0.2) is 4.98 Å². The molecule has 1 aliphatic carbocycles. The van der Waals surface area contributed by atoms with Gasteiger partial charge in [0.1, 0.15) is 5.82 Å². The second kappa shape index (κ2) is 6.42. The highest BCUT2D eigenvalue weighted by molar-refractivity contribution is 7.09. The van der Waals surface area contributed by atoms with Crippen molar-refractivity contribution < 1.29 is 4.74 Å². The van der Waals surface area contributed by atoms with Gasteiger partial charge in [0.2, 0.25) is 5.13 Å². The first-order valence-electron chi connectivity index (χ1n) is 8.76. The first-order chi connectivity index (χ1) is 10.9. The Hall–Kier alpha value is -0.720. The van der Waals surface area contributed by atoms with E-state index in [4.69, 9.17) is 4.74 Å². The van der Waals surface area contributed by atoms with Crippen LogP contribution in [0.3, 0.4) is 0 Å². The van der Waals surface area contributed by atoms with Crippen molar-refractivity contribution in [2.45, 2.75) is 56.4 Å². The molecule has 3 aliphatic rings. The zero-order chi connectivity index (χ0) is 14.8. The Morgan fingerprint density at radius 3 is 2.68 bits per heavy atom. The number of nitrogens with one attached hydrogen (secondary N) is 1. The molecule has 4 rings (SSSR count). The number of rotatable bonds is 5. The van der Waals surface area contributed by atoms with Gasteiger partial charge < -0.3 is 10.1 Å². The number of ether oxygens (including phenoxy) is 1. The van der Waals surface area contributed by atoms with Crippen LogP contribution in [0.15, 0.2) is 0 Å². The summed E-state index contributed by atoms with van der Waals surface area (Å²) in [6.07, 6.45) is 8.87. The van der Waals surface area contributed by atoms with Crippen molar-refractivity contribution in [3.05, 3.63) is 5.82 Å². The monoisotopic (exact) mass is 322 g/mol. The highest BCUT2D eigenvalue weighted by atomic mass is 32.1. The molecule has 2 saturated heterocycles. The summed E-state index contributed by atoms with van der Waals surface area (Å²) >= 11 is 1.53. The van der Waals surface area contributed by atoms with E-state index >= 15 is 0 Å². The SMILES string of the molecule is C1CCN(C2(CNc3nc(C4CC4)ns3)CCOCC2)CC1. The Bertz CT molecular complexity index is 490. The Balaban J connectivity index is 1.43. The fourth-order valence-electron chi connectivity index (χ4n) is 3.78. The topological polar surface area (TPSA) is 50.3 Å². The van der Waals surface area contributed by atoms with Gasteiger partial charge in [0, 0.05) is 42.7 Å². The van der Waals surface area contributed by atoms with Crippen LogP contribution in [0.5, 0.6) is 0 Å². The molecule has 3 heterocycles. The van der Waals surface area contributed by atoms with E-state index in [1.807, 2.05) is 0 Å². The lowest BCUT2D eigenvalue weighted by Gasteiger charge is -2.48. The fraction of sp³-hybridized carbons (Fsp3) is 0.875. The number of likely N-dealkylation sites (tertiary alicyclic amines) is 1. The normalized spacial score (nSPS) is 26.0. The molecule has 0 bridgehead atoms. The predicted molar refractivity (Wildman–Crippen MR) is 88.6 cm³/mol. The van der Waals surface area contributed by atoms with Crippen molar-refractivity contribution in [3.63, 3.8) is 0 Å². The maximum atomic E-state index is 5.63. The molecule has 6 heteroatoms. The number of nitrogens with zero attached hydrogens (tertiary/aromatic N) is 3. The van der Waals surface area contributed by atoms with Crippen molar-refractivity contribution in [2.24, 2.45) is 0 Å². The molecule has 0 radical (unpaired) electrons. The maximum absolute atomic E-state index is 5.63. The summed E-state index contributed by atoms with van der Waals surface area (Å²) in [6, 6.07) is 0. The van der Waals surface area contributed by atoms with E-state index in [2.05, 4.69) is 19.6 Å². The number of hydrogen-bond donors (Lipinski definition) is 1. The van der Waals surface area contributed by atoms with E-state index in [0.29, 0.717) is 5.92 Å². The fourth-order valence-corrected chi connectivity index (χ4v) is 4.42. The molecule has 3 fully saturated rings. The number of anilines is 1. The van der Waals surface area contributed by atoms with Gasteiger partial charge in [0.25, 0.3) is 0 Å². The standard InChI is InChI=1S/C16H26N4OS/c1-2-8-20(9-3-1)16(6-10-21-11-7-16)12-17-15-18-14(19-22-15)13-4-5-13/h13H,1-12H2,(H,17,18,19). The third-order valence-corrected chi connectivity index (χ3v) is 6.09. The van der Waals surface area contributed by atoms with E-state index in [1.54, 1.807) is 0 Å². The molecule has 0 amide bonds. The van der Waals surface area contributed by atoms with Crippen LogP contribution in [0.4, 0.5) is 5.13 Å². The van der Waals surface area contributed by atoms with E-state index in [1.165, 1.54) is 56.7 Å². The Morgan fingerprint density at radius 2 is 1.95 bits per heavy atom. The molecular weight excluding hydrogens is 296 g/mol. The number of aromatic nitrogens is 2. The molecule has 5 nitrogen and oxygen atoms in total. The molecule has 122 valence electrons. The van der Waals surface area contributed by atoms with Crippen molar-refractivity contribution in [1.29, 1.82) is 0 Å². The van der Waals surface area contributed by atoms with E-state index in [0.717, 1.165) is 43.6 Å². The first-order valence-corrected chi connectivity index (χ1v) is 9.53. The van der Waals surface area contributed by atoms with E-state index in [-0.39, 0.29) is 5.54 Å². The van der Waals surface area contributed by atoms with Gasteiger partial charge in [0.15, 0.2) is 0 Å². The zero-order valence-electron chi connectivity index (χ0n) is 13.2. The number of piperidine rings is 1. The molecule has 22 heavy (non-hydrogen) atoms. The van der Waals surface area contributed by atoms with E-state index in [9.17, 15) is 0 Å². The summed E-state index contributed by atoms with van der Waals surface area (Å²) < 4.78 is 10.1. The van der Waals surface area contributed by atoms with Crippen molar-refractivity contribution >= 4 is 16.7 Å². The predicted octanol–water partition coefficient (Wildman–Crippen LogP) is 2.86. The maximum Gasteiger partial charge on any atom is 0.202 e. The van der Waals surface area contributed by atoms with Gasteiger partial charge >= 0.3 is 0 Å². The van der Waals surface area contributed by atoms with Crippen LogP contribution in [-0.2, 0) is 4.74 Å². The van der Waals surface area contributed by atoms with Crippen LogP contribution in [-0.4, -0.2) is 52.6 Å². The average molecular weight is 322 g/mol. The van der Waals surface area contributed by atoms with Gasteiger partial charge in [-0.2, -0.15) is 4.37 Å². The molecule has 0 spiro atoms. The van der Waals surface area contributed by atoms with Crippen LogP contribution in [0, 0.1) is 0 Å². The van der Waals surface area contributed by atoms with Crippen LogP contribution in [0.2, 0.25) is 0 Å². The summed E-state index contributed by atoms with van der Waals surface area (Å²) in [6.45, 7) is 5.25. The molecule has 1 N–H and O–H groups in total. The highest BCUT2D eigenvalue weighted by Crippen LogP contribution is 2.39. The minimum absolute atomic E-state index is 0.254. The number of hydrogen-bond acceptors (Lipinski definition) is 6. The van der Waals surface area contributed by atoms with Gasteiger partial charge in [-0.3, -0.25) is 4.90 Å². The van der Waals surface area contributed by atoms with Crippen LogP contribution >= 0.6 is 11.5 Å². The Labute approximate surface area is 136 Å². The summed E-state index contributed by atoms with van der Waals surface area (Å²) in [4.78, 5) is 7.40. The summed E-state index contributed by atoms with van der Waals surface area (Å²) in [7, 11) is 0. The second-order valence-corrected chi connectivity index (χ2v) is 7.72. The van der Waals surface area contributed by atoms with Gasteiger partial charge in [-0.1, -0.05) is 6.42 Å². The molecular formula is C16H26N4OS. The quantitative estimate of drug-likeness (QED) is 0.903. The Kier molecular flexibility index (Phi) is 4.33. The molecule has 2 aliphatic heterocycles. The summed E-state index contributed by atoms with van der Waals surface area (Å²) in [5.41, 5.74) is 0.254. The van der Waals surface area contributed by atoms with Gasteiger partial charge in [-0.05, 0) is 51.6 Å². The molecule has 0 aromatic carbocycles. The van der Waals surface area contributed by atoms with Gasteiger partial charge in [0.05, 0.1) is 0 Å². The average Bonchev–Trinajstić information content (AvgIpc) is 3.33. The molecule has 1 aromatic heterocycles. The second-order valence-electron chi connectivity index (χ2n) is 6.97. The minimum atomic E-state index is 0.254. The minimum Gasteiger partial charge on any atom is -0.381 e. The molecule has 1 saturated carbocycles. The summed E-state index contributed by atoms with van der Waals surface area (Å²) in [5, 5.41) is 4.61. The van der Waals surface area contributed by atoms with Crippen LogP contribution < -0.4 is 5.32 Å². The van der Waals surface area contributed by atoms with Crippen LogP contribution in [0.1, 0.15) is 56.7 Å². The summed E-state index contributed by atoms with van der Waals surface area (Å²) in [5.74, 6) is 1.71. The Morgan fingerprint density at radius 1 is 1.18 bits per heavy atom. The van der Waals surface area contributed by atoms with Crippen molar-refractivity contribution in [3.8, 4) is 0 Å². The lowest BCUT2D eigenvalue weighted by atomic mass is 9.86. The molecule has 0 atom stereocenters. The lowest BCUT2D eigenvalue weighted by Crippen LogP contribution is -2.57.